The highest BCUT2D eigenvalue weighted by atomic mass is 15.2. The summed E-state index contributed by atoms with van der Waals surface area (Å²) >= 11 is 0. The number of hydrogen-bond acceptors (Lipinski definition) is 2. The van der Waals surface area contributed by atoms with Crippen molar-refractivity contribution in [2.45, 2.75) is 58.4 Å². The average Bonchev–Trinajstić information content (AvgIpc) is 3.21. The summed E-state index contributed by atoms with van der Waals surface area (Å²) in [6, 6.07) is 0.924. The largest absolute Gasteiger partial charge is 0.356 e. The quantitative estimate of drug-likeness (QED) is 0.410. The predicted octanol–water partition coefficient (Wildman–Crippen LogP) is 2.46. The zero-order valence-electron chi connectivity index (χ0n) is 14.2. The Morgan fingerprint density at radius 3 is 2.67 bits per heavy atom. The number of aliphatic imine (C=N–C) groups is 1. The summed E-state index contributed by atoms with van der Waals surface area (Å²) in [5.74, 6) is 2.59. The van der Waals surface area contributed by atoms with Gasteiger partial charge in [0.1, 0.15) is 0 Å². The highest BCUT2D eigenvalue weighted by molar-refractivity contribution is 5.79. The fourth-order valence-corrected chi connectivity index (χ4v) is 3.15. The second kappa shape index (κ2) is 8.62. The summed E-state index contributed by atoms with van der Waals surface area (Å²) in [5, 5.41) is 6.94. The fraction of sp³-hybridized carbons (Fsp3) is 0.941. The van der Waals surface area contributed by atoms with E-state index >= 15 is 0 Å². The Balaban J connectivity index is 1.53. The maximum atomic E-state index is 4.33. The Bertz CT molecular complexity index is 323. The molecule has 0 radical (unpaired) electrons. The van der Waals surface area contributed by atoms with Crippen molar-refractivity contribution < 1.29 is 0 Å². The predicted molar refractivity (Wildman–Crippen MR) is 90.8 cm³/mol. The minimum Gasteiger partial charge on any atom is -0.356 e. The molecule has 2 fully saturated rings. The highest BCUT2D eigenvalue weighted by Crippen LogP contribution is 2.31. The molecule has 21 heavy (non-hydrogen) atoms. The highest BCUT2D eigenvalue weighted by Gasteiger charge is 2.34. The summed E-state index contributed by atoms with van der Waals surface area (Å²) in [6.07, 6.45) is 8.07. The summed E-state index contributed by atoms with van der Waals surface area (Å²) in [7, 11) is 1.87. The van der Waals surface area contributed by atoms with E-state index in [0.29, 0.717) is 0 Å². The summed E-state index contributed by atoms with van der Waals surface area (Å²) in [5.41, 5.74) is 0. The number of nitrogens with zero attached hydrogens (tertiary/aromatic N) is 2. The van der Waals surface area contributed by atoms with Crippen LogP contribution in [0.2, 0.25) is 0 Å². The zero-order chi connectivity index (χ0) is 15.1. The molecule has 1 unspecified atom stereocenters. The van der Waals surface area contributed by atoms with Gasteiger partial charge in [0.25, 0.3) is 0 Å². The van der Waals surface area contributed by atoms with E-state index in [1.54, 1.807) is 0 Å². The van der Waals surface area contributed by atoms with Gasteiger partial charge in [0.05, 0.1) is 0 Å². The summed E-state index contributed by atoms with van der Waals surface area (Å²) in [6.45, 7) is 9.27. The van der Waals surface area contributed by atoms with Crippen LogP contribution in [0.1, 0.15) is 52.4 Å². The second-order valence-electron chi connectivity index (χ2n) is 7.15. The monoisotopic (exact) mass is 294 g/mol. The second-order valence-corrected chi connectivity index (χ2v) is 7.15. The van der Waals surface area contributed by atoms with Crippen molar-refractivity contribution in [3.05, 3.63) is 0 Å². The molecule has 2 aliphatic rings. The average molecular weight is 294 g/mol. The van der Waals surface area contributed by atoms with Crippen LogP contribution in [0, 0.1) is 11.8 Å². The van der Waals surface area contributed by atoms with Crippen LogP contribution in [-0.4, -0.2) is 50.1 Å². The molecule has 1 saturated carbocycles. The van der Waals surface area contributed by atoms with E-state index < -0.39 is 0 Å². The van der Waals surface area contributed by atoms with Gasteiger partial charge in [0.2, 0.25) is 0 Å². The number of guanidine groups is 1. The Labute approximate surface area is 130 Å². The lowest BCUT2D eigenvalue weighted by Gasteiger charge is -2.17. The van der Waals surface area contributed by atoms with E-state index in [0.717, 1.165) is 36.9 Å². The number of nitrogens with one attached hydrogen (secondary N) is 2. The van der Waals surface area contributed by atoms with Gasteiger partial charge in [0, 0.05) is 32.7 Å². The van der Waals surface area contributed by atoms with Gasteiger partial charge in [-0.05, 0) is 44.1 Å². The molecule has 2 rings (SSSR count). The van der Waals surface area contributed by atoms with Crippen molar-refractivity contribution in [3.8, 4) is 0 Å². The molecule has 2 N–H and O–H groups in total. The fourth-order valence-electron chi connectivity index (χ4n) is 3.15. The molecule has 0 bridgehead atoms. The molecule has 1 aliphatic carbocycles. The first-order valence-corrected chi connectivity index (χ1v) is 8.87. The van der Waals surface area contributed by atoms with Gasteiger partial charge in [-0.1, -0.05) is 26.7 Å². The van der Waals surface area contributed by atoms with Gasteiger partial charge < -0.3 is 15.5 Å². The molecule has 1 atom stereocenters. The third kappa shape index (κ3) is 6.25. The molecule has 1 aliphatic heterocycles. The van der Waals surface area contributed by atoms with Gasteiger partial charge in [-0.2, -0.15) is 0 Å². The van der Waals surface area contributed by atoms with E-state index in [2.05, 4.69) is 34.4 Å². The lowest BCUT2D eigenvalue weighted by Crippen LogP contribution is -2.40. The number of unbranched alkanes of at least 4 members (excludes halogenated alkanes) is 1. The third-order valence-electron chi connectivity index (χ3n) is 4.66. The van der Waals surface area contributed by atoms with Gasteiger partial charge in [-0.3, -0.25) is 4.99 Å². The van der Waals surface area contributed by atoms with Gasteiger partial charge >= 0.3 is 0 Å². The zero-order valence-corrected chi connectivity index (χ0v) is 14.2. The lowest BCUT2D eigenvalue weighted by molar-refractivity contribution is 0.314. The van der Waals surface area contributed by atoms with Crippen molar-refractivity contribution in [2.24, 2.45) is 16.8 Å². The van der Waals surface area contributed by atoms with E-state index in [1.807, 2.05) is 7.05 Å². The molecule has 122 valence electrons. The van der Waals surface area contributed by atoms with E-state index in [-0.39, 0.29) is 0 Å². The molecule has 1 heterocycles. The van der Waals surface area contributed by atoms with Crippen LogP contribution in [-0.2, 0) is 0 Å². The Morgan fingerprint density at radius 2 is 2.00 bits per heavy atom. The van der Waals surface area contributed by atoms with E-state index in [1.165, 1.54) is 51.6 Å². The standard InChI is InChI=1S/C17H34N4/c1-14(2)6-4-5-10-19-17(18-3)20-12-15-9-11-21(13-15)16-7-8-16/h14-16H,4-13H2,1-3H3,(H2,18,19,20). The normalized spacial score (nSPS) is 23.8. The molecule has 0 aromatic carbocycles. The van der Waals surface area contributed by atoms with Crippen molar-refractivity contribution in [3.63, 3.8) is 0 Å². The SMILES string of the molecule is CN=C(NCCCCC(C)C)NCC1CCN(C2CC2)C1. The first-order chi connectivity index (χ1) is 10.2. The molecular weight excluding hydrogens is 260 g/mol. The van der Waals surface area contributed by atoms with Crippen LogP contribution in [0.5, 0.6) is 0 Å². The third-order valence-corrected chi connectivity index (χ3v) is 4.66. The van der Waals surface area contributed by atoms with Gasteiger partial charge in [0.15, 0.2) is 5.96 Å². The molecule has 0 aromatic rings. The van der Waals surface area contributed by atoms with Crippen LogP contribution in [0.3, 0.4) is 0 Å². The van der Waals surface area contributed by atoms with Crippen molar-refractivity contribution in [1.29, 1.82) is 0 Å². The smallest absolute Gasteiger partial charge is 0.190 e. The molecule has 0 spiro atoms. The first kappa shape index (κ1) is 16.6. The number of likely N-dealkylation sites (tertiary alicyclic amines) is 1. The maximum absolute atomic E-state index is 4.33. The van der Waals surface area contributed by atoms with Gasteiger partial charge in [-0.25, -0.2) is 0 Å². The van der Waals surface area contributed by atoms with Crippen molar-refractivity contribution in [1.82, 2.24) is 15.5 Å². The minimum atomic E-state index is 0.796. The van der Waals surface area contributed by atoms with Crippen LogP contribution in [0.25, 0.3) is 0 Å². The van der Waals surface area contributed by atoms with Gasteiger partial charge in [-0.15, -0.1) is 0 Å². The van der Waals surface area contributed by atoms with Crippen LogP contribution in [0.15, 0.2) is 4.99 Å². The van der Waals surface area contributed by atoms with E-state index in [9.17, 15) is 0 Å². The van der Waals surface area contributed by atoms with Crippen LogP contribution in [0.4, 0.5) is 0 Å². The molecule has 0 aromatic heterocycles. The Morgan fingerprint density at radius 1 is 1.19 bits per heavy atom. The van der Waals surface area contributed by atoms with Crippen molar-refractivity contribution >= 4 is 5.96 Å². The molecule has 4 heteroatoms. The van der Waals surface area contributed by atoms with Crippen molar-refractivity contribution in [2.75, 3.05) is 33.2 Å². The molecule has 0 amide bonds. The summed E-state index contributed by atoms with van der Waals surface area (Å²) < 4.78 is 0. The van der Waals surface area contributed by atoms with Crippen LogP contribution >= 0.6 is 0 Å². The summed E-state index contributed by atoms with van der Waals surface area (Å²) in [4.78, 5) is 7.00. The lowest BCUT2D eigenvalue weighted by atomic mass is 10.1. The first-order valence-electron chi connectivity index (χ1n) is 8.87. The molecule has 1 saturated heterocycles. The topological polar surface area (TPSA) is 39.7 Å². The molecular formula is C17H34N4. The number of hydrogen-bond donors (Lipinski definition) is 2. The minimum absolute atomic E-state index is 0.796. The van der Waals surface area contributed by atoms with Crippen LogP contribution < -0.4 is 10.6 Å². The van der Waals surface area contributed by atoms with E-state index in [4.69, 9.17) is 0 Å². The Hall–Kier alpha value is -0.770. The maximum Gasteiger partial charge on any atom is 0.190 e. The number of rotatable bonds is 8. The Kier molecular flexibility index (Phi) is 6.81. The molecule has 4 nitrogen and oxygen atoms in total.